The Balaban J connectivity index is 3.10. The van der Waals surface area contributed by atoms with Gasteiger partial charge in [0.15, 0.2) is 0 Å². The summed E-state index contributed by atoms with van der Waals surface area (Å²) in [5.74, 6) is 0. The second kappa shape index (κ2) is 4.05. The standard InChI is InChI=1S/C11H15N/c1-4-10-7-9(2)5-6-11(10)8-12-3/h5-8H,4H2,1-3H3. The average molecular weight is 161 g/mol. The van der Waals surface area contributed by atoms with Gasteiger partial charge in [-0.2, -0.15) is 0 Å². The Labute approximate surface area is 74.2 Å². The van der Waals surface area contributed by atoms with Crippen LogP contribution in [0.25, 0.3) is 0 Å². The van der Waals surface area contributed by atoms with Gasteiger partial charge in [-0.1, -0.05) is 30.7 Å². The van der Waals surface area contributed by atoms with E-state index in [1.54, 1.807) is 7.05 Å². The molecule has 12 heavy (non-hydrogen) atoms. The molecule has 1 rings (SSSR count). The van der Waals surface area contributed by atoms with Crippen molar-refractivity contribution in [1.29, 1.82) is 0 Å². The fourth-order valence-corrected chi connectivity index (χ4v) is 1.31. The maximum atomic E-state index is 4.02. The predicted octanol–water partition coefficient (Wildman–Crippen LogP) is 2.61. The quantitative estimate of drug-likeness (QED) is 0.591. The molecule has 0 spiro atoms. The van der Waals surface area contributed by atoms with Crippen LogP contribution in [0.4, 0.5) is 0 Å². The van der Waals surface area contributed by atoms with Gasteiger partial charge in [0.1, 0.15) is 0 Å². The smallest absolute Gasteiger partial charge is 0.0284 e. The zero-order valence-electron chi connectivity index (χ0n) is 7.96. The van der Waals surface area contributed by atoms with Crippen molar-refractivity contribution >= 4 is 6.21 Å². The summed E-state index contributed by atoms with van der Waals surface area (Å²) < 4.78 is 0. The molecule has 0 aliphatic carbocycles. The van der Waals surface area contributed by atoms with Crippen LogP contribution >= 0.6 is 0 Å². The molecule has 0 radical (unpaired) electrons. The highest BCUT2D eigenvalue weighted by Crippen LogP contribution is 2.10. The molecule has 64 valence electrons. The zero-order chi connectivity index (χ0) is 8.97. The van der Waals surface area contributed by atoms with Crippen molar-refractivity contribution in [3.8, 4) is 0 Å². The van der Waals surface area contributed by atoms with E-state index in [4.69, 9.17) is 0 Å². The topological polar surface area (TPSA) is 12.4 Å². The van der Waals surface area contributed by atoms with Gasteiger partial charge in [0, 0.05) is 13.3 Å². The van der Waals surface area contributed by atoms with Gasteiger partial charge in [-0.25, -0.2) is 0 Å². The van der Waals surface area contributed by atoms with Crippen molar-refractivity contribution in [3.05, 3.63) is 34.9 Å². The fourth-order valence-electron chi connectivity index (χ4n) is 1.31. The van der Waals surface area contributed by atoms with Gasteiger partial charge < -0.3 is 0 Å². The van der Waals surface area contributed by atoms with E-state index in [9.17, 15) is 0 Å². The van der Waals surface area contributed by atoms with Crippen LogP contribution in [0, 0.1) is 6.92 Å². The minimum Gasteiger partial charge on any atom is -0.296 e. The van der Waals surface area contributed by atoms with E-state index < -0.39 is 0 Å². The van der Waals surface area contributed by atoms with Gasteiger partial charge in [-0.15, -0.1) is 0 Å². The molecule has 0 atom stereocenters. The van der Waals surface area contributed by atoms with Gasteiger partial charge in [0.25, 0.3) is 0 Å². The van der Waals surface area contributed by atoms with Crippen LogP contribution in [-0.2, 0) is 6.42 Å². The SMILES string of the molecule is CCc1cc(C)ccc1C=NC. The molecule has 0 unspecified atom stereocenters. The monoisotopic (exact) mass is 161 g/mol. The highest BCUT2D eigenvalue weighted by atomic mass is 14.6. The Morgan fingerprint density at radius 3 is 2.75 bits per heavy atom. The van der Waals surface area contributed by atoms with Gasteiger partial charge in [0.2, 0.25) is 0 Å². The lowest BCUT2D eigenvalue weighted by Gasteiger charge is -2.03. The molecular weight excluding hydrogens is 146 g/mol. The summed E-state index contributed by atoms with van der Waals surface area (Å²) >= 11 is 0. The van der Waals surface area contributed by atoms with Crippen molar-refractivity contribution in [2.75, 3.05) is 7.05 Å². The van der Waals surface area contributed by atoms with E-state index in [2.05, 4.69) is 37.0 Å². The maximum absolute atomic E-state index is 4.02. The molecule has 1 nitrogen and oxygen atoms in total. The number of hydrogen-bond acceptors (Lipinski definition) is 1. The summed E-state index contributed by atoms with van der Waals surface area (Å²) in [4.78, 5) is 4.02. The number of benzene rings is 1. The lowest BCUT2D eigenvalue weighted by molar-refractivity contribution is 1.13. The van der Waals surface area contributed by atoms with E-state index >= 15 is 0 Å². The Kier molecular flexibility index (Phi) is 3.03. The zero-order valence-corrected chi connectivity index (χ0v) is 7.96. The number of rotatable bonds is 2. The first-order valence-corrected chi connectivity index (χ1v) is 4.29. The maximum Gasteiger partial charge on any atom is 0.0284 e. The molecule has 0 fully saturated rings. The lowest BCUT2D eigenvalue weighted by atomic mass is 10.0. The van der Waals surface area contributed by atoms with Crippen LogP contribution in [0.2, 0.25) is 0 Å². The van der Waals surface area contributed by atoms with Crippen molar-refractivity contribution < 1.29 is 0 Å². The molecular formula is C11H15N. The molecule has 0 saturated carbocycles. The van der Waals surface area contributed by atoms with Crippen LogP contribution in [-0.4, -0.2) is 13.3 Å². The fraction of sp³-hybridized carbons (Fsp3) is 0.364. The minimum atomic E-state index is 1.07. The number of aliphatic imine (C=N–C) groups is 1. The first-order valence-electron chi connectivity index (χ1n) is 4.29. The Morgan fingerprint density at radius 2 is 2.17 bits per heavy atom. The van der Waals surface area contributed by atoms with Crippen molar-refractivity contribution in [1.82, 2.24) is 0 Å². The lowest BCUT2D eigenvalue weighted by Crippen LogP contribution is -1.91. The van der Waals surface area contributed by atoms with E-state index in [1.165, 1.54) is 16.7 Å². The molecule has 1 heteroatoms. The minimum absolute atomic E-state index is 1.07. The van der Waals surface area contributed by atoms with Crippen LogP contribution in [0.5, 0.6) is 0 Å². The van der Waals surface area contributed by atoms with E-state index in [0.717, 1.165) is 6.42 Å². The van der Waals surface area contributed by atoms with E-state index in [0.29, 0.717) is 0 Å². The Morgan fingerprint density at radius 1 is 1.42 bits per heavy atom. The van der Waals surface area contributed by atoms with Crippen molar-refractivity contribution in [3.63, 3.8) is 0 Å². The number of aryl methyl sites for hydroxylation is 2. The Hall–Kier alpha value is -1.11. The highest BCUT2D eigenvalue weighted by molar-refractivity contribution is 5.81. The van der Waals surface area contributed by atoms with Crippen molar-refractivity contribution in [2.24, 2.45) is 4.99 Å². The molecule has 0 N–H and O–H groups in total. The van der Waals surface area contributed by atoms with Crippen LogP contribution < -0.4 is 0 Å². The van der Waals surface area contributed by atoms with Crippen LogP contribution in [0.3, 0.4) is 0 Å². The van der Waals surface area contributed by atoms with Gasteiger partial charge in [0.05, 0.1) is 0 Å². The van der Waals surface area contributed by atoms with Crippen LogP contribution in [0.1, 0.15) is 23.6 Å². The van der Waals surface area contributed by atoms with Gasteiger partial charge in [-0.3, -0.25) is 4.99 Å². The molecule has 0 saturated heterocycles. The van der Waals surface area contributed by atoms with Gasteiger partial charge in [-0.05, 0) is 24.5 Å². The van der Waals surface area contributed by atoms with Crippen molar-refractivity contribution in [2.45, 2.75) is 20.3 Å². The molecule has 0 amide bonds. The molecule has 0 aliphatic heterocycles. The molecule has 0 aromatic heterocycles. The van der Waals surface area contributed by atoms with Crippen LogP contribution in [0.15, 0.2) is 23.2 Å². The molecule has 0 aliphatic rings. The first-order chi connectivity index (χ1) is 5.77. The largest absolute Gasteiger partial charge is 0.296 e. The predicted molar refractivity (Wildman–Crippen MR) is 54.1 cm³/mol. The average Bonchev–Trinajstić information content (AvgIpc) is 2.08. The Bertz CT molecular complexity index is 287. The summed E-state index contributed by atoms with van der Waals surface area (Å²) in [6.07, 6.45) is 2.99. The summed E-state index contributed by atoms with van der Waals surface area (Å²) in [5.41, 5.74) is 3.94. The first kappa shape index (κ1) is 8.98. The summed E-state index contributed by atoms with van der Waals surface area (Å²) in [6, 6.07) is 6.47. The second-order valence-electron chi connectivity index (χ2n) is 2.94. The normalized spacial score (nSPS) is 10.9. The summed E-state index contributed by atoms with van der Waals surface area (Å²) in [6.45, 7) is 4.29. The molecule has 1 aromatic rings. The number of nitrogens with zero attached hydrogens (tertiary/aromatic N) is 1. The highest BCUT2D eigenvalue weighted by Gasteiger charge is 1.96. The van der Waals surface area contributed by atoms with E-state index in [-0.39, 0.29) is 0 Å². The number of hydrogen-bond donors (Lipinski definition) is 0. The van der Waals surface area contributed by atoms with Gasteiger partial charge >= 0.3 is 0 Å². The second-order valence-corrected chi connectivity index (χ2v) is 2.94. The molecule has 0 bridgehead atoms. The summed E-state index contributed by atoms with van der Waals surface area (Å²) in [5, 5.41) is 0. The third-order valence-electron chi connectivity index (χ3n) is 1.95. The summed E-state index contributed by atoms with van der Waals surface area (Å²) in [7, 11) is 1.80. The third kappa shape index (κ3) is 1.94. The third-order valence-corrected chi connectivity index (χ3v) is 1.95. The molecule has 0 heterocycles. The molecule has 1 aromatic carbocycles. The van der Waals surface area contributed by atoms with E-state index in [1.807, 2.05) is 6.21 Å².